The average molecular weight is 258 g/mol. The summed E-state index contributed by atoms with van der Waals surface area (Å²) in [5.74, 6) is -0.612. The van der Waals surface area contributed by atoms with Crippen LogP contribution in [-0.4, -0.2) is 40.4 Å². The van der Waals surface area contributed by atoms with Crippen LogP contribution in [0.3, 0.4) is 0 Å². The molecule has 2 N–H and O–H groups in total. The van der Waals surface area contributed by atoms with Crippen LogP contribution in [0.4, 0.5) is 4.79 Å². The quantitative estimate of drug-likeness (QED) is 0.767. The second-order valence-electron chi connectivity index (χ2n) is 6.19. The predicted octanol–water partition coefficient (Wildman–Crippen LogP) is 1.23. The third kappa shape index (κ3) is 2.58. The first-order valence-corrected chi connectivity index (χ1v) is 5.87. The van der Waals surface area contributed by atoms with Crippen LogP contribution in [0.2, 0.25) is 0 Å². The lowest BCUT2D eigenvalue weighted by atomic mass is 10.0. The van der Waals surface area contributed by atoms with Gasteiger partial charge >= 0.3 is 6.09 Å². The molecule has 1 rings (SSSR count). The van der Waals surface area contributed by atoms with Gasteiger partial charge in [0, 0.05) is 0 Å². The molecule has 0 aromatic rings. The Balaban J connectivity index is 3.07. The summed E-state index contributed by atoms with van der Waals surface area (Å²) in [4.78, 5) is 25.1. The van der Waals surface area contributed by atoms with Crippen molar-refractivity contribution < 1.29 is 19.1 Å². The molecule has 6 nitrogen and oxygen atoms in total. The van der Waals surface area contributed by atoms with Gasteiger partial charge in [0.05, 0.1) is 6.61 Å². The summed E-state index contributed by atoms with van der Waals surface area (Å²) in [6.45, 7) is 10.3. The van der Waals surface area contributed by atoms with E-state index in [1.165, 1.54) is 4.90 Å². The fourth-order valence-corrected chi connectivity index (χ4v) is 1.95. The molecule has 0 aromatic heterocycles. The molecule has 1 saturated heterocycles. The monoisotopic (exact) mass is 258 g/mol. The molecular formula is C12H22N2O4. The van der Waals surface area contributed by atoms with Crippen LogP contribution in [0.5, 0.6) is 0 Å². The minimum Gasteiger partial charge on any atom is -0.444 e. The van der Waals surface area contributed by atoms with Gasteiger partial charge in [0.1, 0.15) is 16.9 Å². The van der Waals surface area contributed by atoms with E-state index in [4.69, 9.17) is 15.2 Å². The Bertz CT molecular complexity index is 373. The van der Waals surface area contributed by atoms with Crippen LogP contribution in [0.25, 0.3) is 0 Å². The van der Waals surface area contributed by atoms with E-state index in [2.05, 4.69) is 0 Å². The first-order valence-electron chi connectivity index (χ1n) is 5.87. The van der Waals surface area contributed by atoms with E-state index < -0.39 is 28.9 Å². The zero-order valence-electron chi connectivity index (χ0n) is 11.9. The number of carbonyl (C=O) groups is 2. The number of nitrogens with zero attached hydrogens (tertiary/aromatic N) is 1. The van der Waals surface area contributed by atoms with Gasteiger partial charge in [-0.3, -0.25) is 9.69 Å². The summed E-state index contributed by atoms with van der Waals surface area (Å²) < 4.78 is 10.8. The minimum atomic E-state index is -1.19. The van der Waals surface area contributed by atoms with Crippen molar-refractivity contribution in [1.82, 2.24) is 4.90 Å². The number of nitrogens with two attached hydrogens (primary N) is 1. The fourth-order valence-electron chi connectivity index (χ4n) is 1.95. The molecule has 2 amide bonds. The van der Waals surface area contributed by atoms with Gasteiger partial charge in [0.2, 0.25) is 5.91 Å². The first kappa shape index (κ1) is 14.8. The maximum absolute atomic E-state index is 12.2. The van der Waals surface area contributed by atoms with E-state index in [9.17, 15) is 9.59 Å². The normalized spacial score (nSPS) is 27.1. The largest absolute Gasteiger partial charge is 0.444 e. The van der Waals surface area contributed by atoms with Gasteiger partial charge in [0.25, 0.3) is 0 Å². The highest BCUT2D eigenvalue weighted by atomic mass is 16.6. The first-order chi connectivity index (χ1) is 7.90. The third-order valence-corrected chi connectivity index (χ3v) is 2.85. The van der Waals surface area contributed by atoms with Gasteiger partial charge in [-0.15, -0.1) is 0 Å². The lowest BCUT2D eigenvalue weighted by molar-refractivity contribution is -0.129. The van der Waals surface area contributed by atoms with E-state index in [0.717, 1.165) is 0 Å². The molecule has 18 heavy (non-hydrogen) atoms. The number of carbonyl (C=O) groups excluding carboxylic acids is 2. The number of amides is 2. The van der Waals surface area contributed by atoms with Crippen molar-refractivity contribution >= 4 is 12.0 Å². The Morgan fingerprint density at radius 3 is 2.17 bits per heavy atom. The van der Waals surface area contributed by atoms with Crippen molar-refractivity contribution in [3.63, 3.8) is 0 Å². The lowest BCUT2D eigenvalue weighted by Crippen LogP contribution is -2.61. The molecule has 1 unspecified atom stereocenters. The maximum Gasteiger partial charge on any atom is 0.413 e. The molecule has 1 aliphatic heterocycles. The number of ether oxygens (including phenoxy) is 2. The van der Waals surface area contributed by atoms with Crippen molar-refractivity contribution in [2.75, 3.05) is 6.61 Å². The van der Waals surface area contributed by atoms with Crippen LogP contribution in [0.1, 0.15) is 41.5 Å². The highest BCUT2D eigenvalue weighted by Crippen LogP contribution is 2.36. The summed E-state index contributed by atoms with van der Waals surface area (Å²) in [6.07, 6.45) is -0.605. The van der Waals surface area contributed by atoms with E-state index >= 15 is 0 Å². The molecule has 0 saturated carbocycles. The zero-order valence-corrected chi connectivity index (χ0v) is 11.9. The third-order valence-electron chi connectivity index (χ3n) is 2.85. The smallest absolute Gasteiger partial charge is 0.413 e. The van der Waals surface area contributed by atoms with E-state index in [0.29, 0.717) is 0 Å². The van der Waals surface area contributed by atoms with Crippen molar-refractivity contribution in [2.24, 2.45) is 5.73 Å². The Labute approximate surface area is 107 Å². The number of primary amides is 1. The molecule has 104 valence electrons. The summed E-state index contributed by atoms with van der Waals surface area (Å²) in [7, 11) is 0. The van der Waals surface area contributed by atoms with Crippen molar-refractivity contribution in [1.29, 1.82) is 0 Å². The molecule has 1 atom stereocenters. The molecule has 1 fully saturated rings. The van der Waals surface area contributed by atoms with Crippen LogP contribution < -0.4 is 5.73 Å². The maximum atomic E-state index is 12.2. The lowest BCUT2D eigenvalue weighted by Gasteiger charge is -2.38. The van der Waals surface area contributed by atoms with Gasteiger partial charge < -0.3 is 15.2 Å². The molecule has 0 aromatic carbocycles. The Morgan fingerprint density at radius 2 is 1.78 bits per heavy atom. The van der Waals surface area contributed by atoms with Crippen molar-refractivity contribution in [3.8, 4) is 0 Å². The molecular weight excluding hydrogens is 236 g/mol. The van der Waals surface area contributed by atoms with Gasteiger partial charge in [0.15, 0.2) is 0 Å². The molecule has 6 heteroatoms. The van der Waals surface area contributed by atoms with Crippen LogP contribution in [-0.2, 0) is 14.3 Å². The topological polar surface area (TPSA) is 81.9 Å². The van der Waals surface area contributed by atoms with Crippen LogP contribution in [0, 0.1) is 0 Å². The van der Waals surface area contributed by atoms with Gasteiger partial charge in [-0.25, -0.2) is 4.79 Å². The second-order valence-corrected chi connectivity index (χ2v) is 6.19. The summed E-state index contributed by atoms with van der Waals surface area (Å²) >= 11 is 0. The van der Waals surface area contributed by atoms with Gasteiger partial charge in [-0.1, -0.05) is 0 Å². The second kappa shape index (κ2) is 4.12. The van der Waals surface area contributed by atoms with Crippen molar-refractivity contribution in [3.05, 3.63) is 0 Å². The predicted molar refractivity (Wildman–Crippen MR) is 65.7 cm³/mol. The standard InChI is InChI=1S/C12H22N2O4/c1-10(2,3)18-9(16)14-11(4,5)17-7-12(14,6)8(13)15/h7H2,1-6H3,(H2,13,15). The van der Waals surface area contributed by atoms with Crippen LogP contribution >= 0.6 is 0 Å². The summed E-state index contributed by atoms with van der Waals surface area (Å²) in [6, 6.07) is 0. The average Bonchev–Trinajstić information content (AvgIpc) is 2.35. The fraction of sp³-hybridized carbons (Fsp3) is 0.833. The molecule has 1 heterocycles. The highest BCUT2D eigenvalue weighted by Gasteiger charge is 2.56. The molecule has 0 radical (unpaired) electrons. The summed E-state index contributed by atoms with van der Waals surface area (Å²) in [5.41, 5.74) is 2.62. The van der Waals surface area contributed by atoms with Gasteiger partial charge in [-0.2, -0.15) is 0 Å². The Morgan fingerprint density at radius 1 is 1.28 bits per heavy atom. The Kier molecular flexibility index (Phi) is 3.38. The Hall–Kier alpha value is -1.30. The zero-order chi connectivity index (χ0) is 14.4. The highest BCUT2D eigenvalue weighted by molar-refractivity contribution is 5.89. The number of rotatable bonds is 1. The van der Waals surface area contributed by atoms with E-state index in [1.54, 1.807) is 41.5 Å². The molecule has 0 aliphatic carbocycles. The van der Waals surface area contributed by atoms with E-state index in [1.807, 2.05) is 0 Å². The SMILES string of the molecule is CC(C)(C)OC(=O)N1C(C)(C)OCC1(C)C(N)=O. The number of hydrogen-bond donors (Lipinski definition) is 1. The van der Waals surface area contributed by atoms with Crippen LogP contribution in [0.15, 0.2) is 0 Å². The summed E-state index contributed by atoms with van der Waals surface area (Å²) in [5, 5.41) is 0. The van der Waals surface area contributed by atoms with E-state index in [-0.39, 0.29) is 6.61 Å². The molecule has 1 aliphatic rings. The van der Waals surface area contributed by atoms with Gasteiger partial charge in [-0.05, 0) is 41.5 Å². The minimum absolute atomic E-state index is 0.0641. The molecule has 0 spiro atoms. The molecule has 0 bridgehead atoms. The number of hydrogen-bond acceptors (Lipinski definition) is 4. The van der Waals surface area contributed by atoms with Crippen molar-refractivity contribution in [2.45, 2.75) is 58.4 Å².